The molecule has 0 rings (SSSR count). The van der Waals surface area contributed by atoms with Crippen molar-refractivity contribution in [1.82, 2.24) is 0 Å². The summed E-state index contributed by atoms with van der Waals surface area (Å²) in [5.74, 6) is 0.918. The van der Waals surface area contributed by atoms with Gasteiger partial charge in [-0.2, -0.15) is 6.42 Å². The Morgan fingerprint density at radius 2 is 2.15 bits per heavy atom. The van der Waals surface area contributed by atoms with E-state index in [0.717, 1.165) is 18.6 Å². The standard InChI is InChI=1S/C11H19O.Cu/c1-4-6-7-8-10-11(12-3)9-5-2;/h5H,2,4,6-9H2,1,3H3;/q-1;+1. The Hall–Kier alpha value is -0.201. The summed E-state index contributed by atoms with van der Waals surface area (Å²) in [7, 11) is 1.69. The Morgan fingerprint density at radius 1 is 1.46 bits per heavy atom. The Kier molecular flexibility index (Phi) is 13.9. The van der Waals surface area contributed by atoms with E-state index in [2.05, 4.69) is 19.6 Å². The Labute approximate surface area is 92.7 Å². The molecule has 0 radical (unpaired) electrons. The monoisotopic (exact) mass is 230 g/mol. The van der Waals surface area contributed by atoms with Gasteiger partial charge in [-0.1, -0.05) is 38.0 Å². The first-order chi connectivity index (χ1) is 5.85. The largest absolute Gasteiger partial charge is 1.00 e. The predicted molar refractivity (Wildman–Crippen MR) is 52.7 cm³/mol. The Bertz CT molecular complexity index is 141. The van der Waals surface area contributed by atoms with Gasteiger partial charge in [-0.15, -0.1) is 6.58 Å². The van der Waals surface area contributed by atoms with E-state index in [0.29, 0.717) is 0 Å². The number of hydrogen-bond donors (Lipinski definition) is 0. The van der Waals surface area contributed by atoms with Gasteiger partial charge < -0.3 is 10.8 Å². The van der Waals surface area contributed by atoms with E-state index in [1.54, 1.807) is 7.11 Å². The van der Waals surface area contributed by atoms with Crippen LogP contribution in [0.4, 0.5) is 0 Å². The minimum absolute atomic E-state index is 0. The molecule has 0 amide bonds. The molecule has 0 spiro atoms. The van der Waals surface area contributed by atoms with Gasteiger partial charge in [0.25, 0.3) is 0 Å². The quantitative estimate of drug-likeness (QED) is 0.214. The Balaban J connectivity index is 0. The van der Waals surface area contributed by atoms with Gasteiger partial charge in [0.05, 0.1) is 7.11 Å². The van der Waals surface area contributed by atoms with Crippen molar-refractivity contribution in [2.75, 3.05) is 7.11 Å². The van der Waals surface area contributed by atoms with Crippen LogP contribution in [0.2, 0.25) is 0 Å². The summed E-state index contributed by atoms with van der Waals surface area (Å²) < 4.78 is 5.11. The van der Waals surface area contributed by atoms with Gasteiger partial charge >= 0.3 is 17.1 Å². The van der Waals surface area contributed by atoms with Crippen molar-refractivity contribution in [2.45, 2.75) is 39.0 Å². The van der Waals surface area contributed by atoms with Crippen LogP contribution in [0.1, 0.15) is 39.0 Å². The molecule has 0 aromatic carbocycles. The molecule has 13 heavy (non-hydrogen) atoms. The molecule has 0 aromatic rings. The van der Waals surface area contributed by atoms with E-state index < -0.39 is 0 Å². The van der Waals surface area contributed by atoms with E-state index in [1.165, 1.54) is 19.3 Å². The van der Waals surface area contributed by atoms with E-state index in [-0.39, 0.29) is 17.1 Å². The van der Waals surface area contributed by atoms with E-state index in [1.807, 2.05) is 6.08 Å². The Morgan fingerprint density at radius 3 is 2.62 bits per heavy atom. The van der Waals surface area contributed by atoms with Crippen LogP contribution in [0.3, 0.4) is 0 Å². The molecular formula is C11H19CuO. The first-order valence-corrected chi connectivity index (χ1v) is 4.59. The van der Waals surface area contributed by atoms with Gasteiger partial charge in [-0.25, -0.2) is 0 Å². The van der Waals surface area contributed by atoms with Gasteiger partial charge in [0.15, 0.2) is 0 Å². The molecule has 0 unspecified atom stereocenters. The molecule has 0 aliphatic rings. The van der Waals surface area contributed by atoms with Crippen molar-refractivity contribution in [2.24, 2.45) is 0 Å². The fourth-order valence-corrected chi connectivity index (χ4v) is 0.962. The van der Waals surface area contributed by atoms with Gasteiger partial charge in [0.1, 0.15) is 0 Å². The van der Waals surface area contributed by atoms with Gasteiger partial charge in [-0.05, 0) is 6.42 Å². The molecule has 0 saturated heterocycles. The molecular weight excluding hydrogens is 212 g/mol. The maximum absolute atomic E-state index is 5.11. The maximum atomic E-state index is 5.11. The summed E-state index contributed by atoms with van der Waals surface area (Å²) in [6, 6.07) is 0. The van der Waals surface area contributed by atoms with Gasteiger partial charge in [0, 0.05) is 0 Å². The van der Waals surface area contributed by atoms with Crippen LogP contribution in [0.15, 0.2) is 18.4 Å². The number of methoxy groups -OCH3 is 1. The van der Waals surface area contributed by atoms with Gasteiger partial charge in [-0.3, -0.25) is 0 Å². The molecule has 0 fully saturated rings. The smallest absolute Gasteiger partial charge is 0.537 e. The molecule has 0 aromatic heterocycles. The number of ether oxygens (including phenoxy) is 1. The van der Waals surface area contributed by atoms with Crippen LogP contribution in [0, 0.1) is 6.08 Å². The zero-order chi connectivity index (χ0) is 9.23. The van der Waals surface area contributed by atoms with Crippen molar-refractivity contribution < 1.29 is 21.8 Å². The molecule has 0 saturated carbocycles. The van der Waals surface area contributed by atoms with Crippen LogP contribution in [-0.2, 0) is 21.8 Å². The second-order valence-corrected chi connectivity index (χ2v) is 2.75. The van der Waals surface area contributed by atoms with Crippen molar-refractivity contribution >= 4 is 0 Å². The second-order valence-electron chi connectivity index (χ2n) is 2.75. The zero-order valence-electron chi connectivity index (χ0n) is 8.53. The normalized spacial score (nSPS) is 10.5. The third kappa shape index (κ3) is 9.72. The molecule has 2 heteroatoms. The van der Waals surface area contributed by atoms with Crippen LogP contribution in [0.5, 0.6) is 0 Å². The van der Waals surface area contributed by atoms with E-state index in [4.69, 9.17) is 4.74 Å². The molecule has 0 aliphatic carbocycles. The number of rotatable bonds is 7. The predicted octanol–water partition coefficient (Wildman–Crippen LogP) is 3.47. The molecule has 0 heterocycles. The molecule has 0 aliphatic heterocycles. The van der Waals surface area contributed by atoms with Crippen molar-refractivity contribution in [3.63, 3.8) is 0 Å². The first-order valence-electron chi connectivity index (χ1n) is 4.59. The average molecular weight is 231 g/mol. The van der Waals surface area contributed by atoms with E-state index >= 15 is 0 Å². The topological polar surface area (TPSA) is 9.23 Å². The third-order valence-electron chi connectivity index (χ3n) is 1.68. The van der Waals surface area contributed by atoms with Crippen LogP contribution >= 0.6 is 0 Å². The number of hydrogen-bond acceptors (Lipinski definition) is 1. The summed E-state index contributed by atoms with van der Waals surface area (Å²) in [5.41, 5.74) is 0. The fourth-order valence-electron chi connectivity index (χ4n) is 0.962. The summed E-state index contributed by atoms with van der Waals surface area (Å²) in [5, 5.41) is 0. The zero-order valence-corrected chi connectivity index (χ0v) is 9.47. The fraction of sp³-hybridized carbons (Fsp3) is 0.636. The van der Waals surface area contributed by atoms with E-state index in [9.17, 15) is 0 Å². The molecule has 0 N–H and O–H groups in total. The molecule has 1 nitrogen and oxygen atoms in total. The van der Waals surface area contributed by atoms with Crippen molar-refractivity contribution in [3.8, 4) is 0 Å². The second kappa shape index (κ2) is 11.8. The summed E-state index contributed by atoms with van der Waals surface area (Å²) in [6.45, 7) is 5.85. The molecule has 0 atom stereocenters. The van der Waals surface area contributed by atoms with Crippen molar-refractivity contribution in [3.05, 3.63) is 24.5 Å². The summed E-state index contributed by atoms with van der Waals surface area (Å²) in [6.07, 6.45) is 10.6. The number of unbranched alkanes of at least 4 members (excludes halogenated alkanes) is 3. The first kappa shape index (κ1) is 15.3. The van der Waals surface area contributed by atoms with Crippen LogP contribution in [-0.4, -0.2) is 7.11 Å². The molecule has 0 bridgehead atoms. The summed E-state index contributed by atoms with van der Waals surface area (Å²) in [4.78, 5) is 0. The van der Waals surface area contributed by atoms with Crippen LogP contribution < -0.4 is 0 Å². The maximum Gasteiger partial charge on any atom is 1.00 e. The van der Waals surface area contributed by atoms with Crippen molar-refractivity contribution in [1.29, 1.82) is 0 Å². The molecule has 80 valence electrons. The average Bonchev–Trinajstić information content (AvgIpc) is 2.10. The summed E-state index contributed by atoms with van der Waals surface area (Å²) >= 11 is 0. The van der Waals surface area contributed by atoms with Crippen LogP contribution in [0.25, 0.3) is 0 Å². The minimum Gasteiger partial charge on any atom is -0.537 e. The minimum atomic E-state index is 0. The third-order valence-corrected chi connectivity index (χ3v) is 1.68. The van der Waals surface area contributed by atoms with Gasteiger partial charge in [0.2, 0.25) is 0 Å². The number of allylic oxidation sites excluding steroid dienone is 2. The SMILES string of the molecule is C=CCC(=[C-]CCCCC)OC.[Cu+].